The Bertz CT molecular complexity index is 883. The Balaban J connectivity index is -0.000000204. The van der Waals surface area contributed by atoms with Crippen LogP contribution in [0.25, 0.3) is 0 Å². The Morgan fingerprint density at radius 1 is 0.345 bits per heavy atom. The maximum Gasteiger partial charge on any atom is 0.137 e. The molecule has 1 unspecified atom stereocenters. The summed E-state index contributed by atoms with van der Waals surface area (Å²) in [6.07, 6.45) is 14.6. The second kappa shape index (κ2) is 39.3. The van der Waals surface area contributed by atoms with Crippen LogP contribution in [0.1, 0.15) is 131 Å². The molecule has 12 heteroatoms. The number of aliphatic hydroxyl groups excluding tert-OH is 3. The normalized spacial score (nSPS) is 13.2. The fraction of sp³-hybridized carbons (Fsp3) is 0.870. The van der Waals surface area contributed by atoms with Crippen molar-refractivity contribution in [1.82, 2.24) is 0 Å². The van der Waals surface area contributed by atoms with Gasteiger partial charge in [-0.1, -0.05) is 31.6 Å². The SMILES string of the molecule is C#CC(O)COC(C)(C)C.C#C[C@@H](O)COC(C)(C)C.C#C[C@H](O)COC(C)(C)C.CCCOCCOCCOC(C)(C)C.CCCOCCOCCOC(C)(C)C. The third kappa shape index (κ3) is 78.5. The Labute approximate surface area is 357 Å². The smallest absolute Gasteiger partial charge is 0.137 e. The van der Waals surface area contributed by atoms with Gasteiger partial charge in [-0.3, -0.25) is 0 Å². The minimum atomic E-state index is -0.778. The Morgan fingerprint density at radius 3 is 0.707 bits per heavy atom. The lowest BCUT2D eigenvalue weighted by Crippen LogP contribution is -2.25. The summed E-state index contributed by atoms with van der Waals surface area (Å²) >= 11 is 0. The van der Waals surface area contributed by atoms with Crippen molar-refractivity contribution in [3.05, 3.63) is 0 Å². The Hall–Kier alpha value is -1.80. The van der Waals surface area contributed by atoms with Crippen LogP contribution in [0.3, 0.4) is 0 Å². The van der Waals surface area contributed by atoms with Crippen molar-refractivity contribution >= 4 is 0 Å². The van der Waals surface area contributed by atoms with Crippen molar-refractivity contribution in [2.75, 3.05) is 85.9 Å². The lowest BCUT2D eigenvalue weighted by molar-refractivity contribution is -0.0425. The average molecular weight is 835 g/mol. The summed E-state index contributed by atoms with van der Waals surface area (Å²) in [6.45, 7) is 41.2. The molecule has 3 atom stereocenters. The van der Waals surface area contributed by atoms with Gasteiger partial charge in [0.05, 0.1) is 101 Å². The van der Waals surface area contributed by atoms with Crippen LogP contribution in [0, 0.1) is 37.0 Å². The number of hydrogen-bond acceptors (Lipinski definition) is 12. The second-order valence-electron chi connectivity index (χ2n) is 17.7. The lowest BCUT2D eigenvalue weighted by Gasteiger charge is -2.19. The molecule has 0 aromatic rings. The molecule has 0 aromatic heterocycles. The predicted molar refractivity (Wildman–Crippen MR) is 237 cm³/mol. The van der Waals surface area contributed by atoms with Gasteiger partial charge in [0.25, 0.3) is 0 Å². The quantitative estimate of drug-likeness (QED) is 0.0774. The van der Waals surface area contributed by atoms with Crippen molar-refractivity contribution in [3.63, 3.8) is 0 Å². The van der Waals surface area contributed by atoms with E-state index in [2.05, 4.69) is 31.6 Å². The highest BCUT2D eigenvalue weighted by Crippen LogP contribution is 2.09. The van der Waals surface area contributed by atoms with Gasteiger partial charge in [-0.05, 0) is 117 Å². The maximum atomic E-state index is 8.86. The number of hydrogen-bond donors (Lipinski definition) is 3. The Morgan fingerprint density at radius 2 is 0.534 bits per heavy atom. The minimum absolute atomic E-state index is 0.0674. The second-order valence-corrected chi connectivity index (χ2v) is 17.7. The zero-order chi connectivity index (χ0) is 46.3. The molecule has 0 aromatic carbocycles. The molecule has 58 heavy (non-hydrogen) atoms. The molecular formula is C46H90O12. The molecule has 3 N–H and O–H groups in total. The molecular weight excluding hydrogens is 744 g/mol. The third-order valence-corrected chi connectivity index (χ3v) is 5.57. The zero-order valence-corrected chi connectivity index (χ0v) is 40.1. The first-order chi connectivity index (χ1) is 26.5. The van der Waals surface area contributed by atoms with Gasteiger partial charge >= 0.3 is 0 Å². The van der Waals surface area contributed by atoms with Crippen LogP contribution in [0.2, 0.25) is 0 Å². The van der Waals surface area contributed by atoms with Gasteiger partial charge in [0.1, 0.15) is 18.3 Å². The minimum Gasteiger partial charge on any atom is -0.379 e. The topological polar surface area (TPSA) is 144 Å². The summed E-state index contributed by atoms with van der Waals surface area (Å²) in [5, 5.41) is 26.6. The third-order valence-electron chi connectivity index (χ3n) is 5.57. The fourth-order valence-corrected chi connectivity index (χ4v) is 2.88. The van der Waals surface area contributed by atoms with Gasteiger partial charge < -0.3 is 58.0 Å². The summed E-state index contributed by atoms with van der Waals surface area (Å²) in [5.41, 5.74) is -0.808. The molecule has 0 radical (unpaired) electrons. The highest BCUT2D eigenvalue weighted by atomic mass is 16.6. The maximum absolute atomic E-state index is 8.86. The molecule has 0 bridgehead atoms. The van der Waals surface area contributed by atoms with Gasteiger partial charge in [0.15, 0.2) is 0 Å². The van der Waals surface area contributed by atoms with Gasteiger partial charge in [-0.2, -0.15) is 0 Å². The van der Waals surface area contributed by atoms with E-state index < -0.39 is 18.3 Å². The van der Waals surface area contributed by atoms with E-state index in [1.54, 1.807) is 0 Å². The molecule has 0 aliphatic rings. The molecule has 0 rings (SSSR count). The van der Waals surface area contributed by atoms with Crippen LogP contribution in [0.4, 0.5) is 0 Å². The van der Waals surface area contributed by atoms with Crippen molar-refractivity contribution in [2.24, 2.45) is 0 Å². The predicted octanol–water partition coefficient (Wildman–Crippen LogP) is 6.88. The van der Waals surface area contributed by atoms with Crippen LogP contribution in [-0.2, 0) is 42.6 Å². The highest BCUT2D eigenvalue weighted by molar-refractivity contribution is 4.94. The van der Waals surface area contributed by atoms with Crippen molar-refractivity contribution in [1.29, 1.82) is 0 Å². The summed E-state index contributed by atoms with van der Waals surface area (Å²) in [5.74, 6) is 6.50. The summed E-state index contributed by atoms with van der Waals surface area (Å²) in [4.78, 5) is 0. The molecule has 12 nitrogen and oxygen atoms in total. The van der Waals surface area contributed by atoms with E-state index in [0.717, 1.165) is 26.1 Å². The Kier molecular flexibility index (Phi) is 44.3. The number of ether oxygens (including phenoxy) is 9. The first-order valence-electron chi connectivity index (χ1n) is 20.4. The summed E-state index contributed by atoms with van der Waals surface area (Å²) in [6, 6.07) is 0. The first kappa shape index (κ1) is 65.3. The monoisotopic (exact) mass is 835 g/mol. The fourth-order valence-electron chi connectivity index (χ4n) is 2.88. The molecule has 0 aliphatic heterocycles. The van der Waals surface area contributed by atoms with E-state index in [0.29, 0.717) is 52.9 Å². The molecule has 0 saturated carbocycles. The molecule has 346 valence electrons. The number of rotatable bonds is 22. The van der Waals surface area contributed by atoms with E-state index >= 15 is 0 Å². The van der Waals surface area contributed by atoms with Crippen LogP contribution in [0.15, 0.2) is 0 Å². The van der Waals surface area contributed by atoms with Crippen LogP contribution in [0.5, 0.6) is 0 Å². The number of terminal acetylenes is 3. The molecule has 0 spiro atoms. The zero-order valence-electron chi connectivity index (χ0n) is 40.1. The largest absolute Gasteiger partial charge is 0.379 e. The van der Waals surface area contributed by atoms with Crippen molar-refractivity contribution < 1.29 is 58.0 Å². The lowest BCUT2D eigenvalue weighted by atomic mass is 10.2. The highest BCUT2D eigenvalue weighted by Gasteiger charge is 2.13. The van der Waals surface area contributed by atoms with Gasteiger partial charge in [-0.15, -0.1) is 19.3 Å². The van der Waals surface area contributed by atoms with Crippen LogP contribution >= 0.6 is 0 Å². The summed E-state index contributed by atoms with van der Waals surface area (Å²) < 4.78 is 47.7. The van der Waals surface area contributed by atoms with E-state index in [1.807, 2.05) is 104 Å². The average Bonchev–Trinajstić information content (AvgIpc) is 3.10. The molecule has 0 heterocycles. The molecule has 0 fully saturated rings. The van der Waals surface area contributed by atoms with E-state index in [1.165, 1.54) is 0 Å². The number of aliphatic hydroxyl groups is 3. The van der Waals surface area contributed by atoms with Crippen molar-refractivity contribution in [2.45, 2.75) is 177 Å². The summed E-state index contributed by atoms with van der Waals surface area (Å²) in [7, 11) is 0. The van der Waals surface area contributed by atoms with Crippen LogP contribution in [-0.4, -0.2) is 148 Å². The van der Waals surface area contributed by atoms with E-state index in [4.69, 9.17) is 77.2 Å². The van der Waals surface area contributed by atoms with Gasteiger partial charge in [0, 0.05) is 13.2 Å². The first-order valence-corrected chi connectivity index (χ1v) is 20.4. The molecule has 0 aliphatic carbocycles. The van der Waals surface area contributed by atoms with Gasteiger partial charge in [0.2, 0.25) is 0 Å². The van der Waals surface area contributed by atoms with Crippen LogP contribution < -0.4 is 0 Å². The van der Waals surface area contributed by atoms with E-state index in [-0.39, 0.29) is 47.8 Å². The van der Waals surface area contributed by atoms with Gasteiger partial charge in [-0.25, -0.2) is 0 Å². The molecule has 0 saturated heterocycles. The van der Waals surface area contributed by atoms with E-state index in [9.17, 15) is 0 Å². The van der Waals surface area contributed by atoms with Crippen molar-refractivity contribution in [3.8, 4) is 37.0 Å². The standard InChI is InChI=1S/2C11H24O3.3C8H14O2/c2*1-5-6-12-7-8-13-9-10-14-11(2,3)4;3*1-5-7(9)6-10-8(2,3)4/h2*5-10H2,1-4H3;3*1,7,9H,6H2,2-4H3/t;;2*7-;/m..10./s1. The molecule has 0 amide bonds.